The highest BCUT2D eigenvalue weighted by Crippen LogP contribution is 1.94. The number of rotatable bonds is 1. The van der Waals surface area contributed by atoms with Crippen LogP contribution in [-0.4, -0.2) is 14.7 Å². The zero-order chi connectivity index (χ0) is 3.41. The van der Waals surface area contributed by atoms with Crippen LogP contribution in [0, 0.1) is 0 Å². The first kappa shape index (κ1) is 4.45. The lowest BCUT2D eigenvalue weighted by Crippen LogP contribution is -1.51. The predicted molar refractivity (Wildman–Crippen MR) is 21.1 cm³/mol. The number of hydrogen-bond donors (Lipinski definition) is 0. The first-order chi connectivity index (χ1) is 1.91. The van der Waals surface area contributed by atoms with E-state index in [0.717, 1.165) is 0 Å². The molecule has 0 N–H and O–H groups in total. The van der Waals surface area contributed by atoms with E-state index >= 15 is 0 Å². The molecule has 2 radical (unpaired) electrons. The third kappa shape index (κ3) is 2.45. The van der Waals surface area contributed by atoms with Crippen LogP contribution in [0.15, 0.2) is 0 Å². The van der Waals surface area contributed by atoms with Crippen molar-refractivity contribution in [3.8, 4) is 0 Å². The summed E-state index contributed by atoms with van der Waals surface area (Å²) in [5, 5.41) is 0. The van der Waals surface area contributed by atoms with Crippen molar-refractivity contribution in [2.75, 3.05) is 7.11 Å². The van der Waals surface area contributed by atoms with Gasteiger partial charge in [-0.2, -0.15) is 0 Å². The molecule has 0 heterocycles. The fraction of sp³-hybridized carbons (Fsp3) is 1.00. The minimum Gasteiger partial charge on any atom is -0.377 e. The third-order valence-electron chi connectivity index (χ3n) is 0.118. The summed E-state index contributed by atoms with van der Waals surface area (Å²) in [7, 11) is 6.54. The number of hydrogen-bond acceptors (Lipinski definition) is 1. The third-order valence-corrected chi connectivity index (χ3v) is 0.354. The molecule has 0 aromatic carbocycles. The van der Waals surface area contributed by atoms with E-state index in [9.17, 15) is 0 Å². The molecule has 4 heavy (non-hydrogen) atoms. The van der Waals surface area contributed by atoms with Crippen LogP contribution >= 0.6 is 8.69 Å². The van der Waals surface area contributed by atoms with Crippen molar-refractivity contribution in [3.63, 3.8) is 0 Å². The summed E-state index contributed by atoms with van der Waals surface area (Å²) in [4.78, 5) is 0. The van der Waals surface area contributed by atoms with E-state index in [1.54, 1.807) is 7.11 Å². The van der Waals surface area contributed by atoms with E-state index in [2.05, 4.69) is 4.52 Å². The maximum Gasteiger partial charge on any atom is 0.143 e. The Morgan fingerprint density at radius 3 is 2.25 bits per heavy atom. The van der Waals surface area contributed by atoms with Gasteiger partial charge < -0.3 is 4.52 Å². The average Bonchev–Trinajstić information content (AvgIpc) is 1.37. The highest BCUT2D eigenvalue weighted by molar-refractivity contribution is 7.62. The van der Waals surface area contributed by atoms with Crippen LogP contribution in [0.25, 0.3) is 0 Å². The Labute approximate surface area is 29.0 Å². The molecule has 0 aromatic heterocycles. The Bertz CT molecular complexity index is 10.0. The molecule has 1 nitrogen and oxygen atoms in total. The summed E-state index contributed by atoms with van der Waals surface area (Å²) < 4.78 is 4.35. The lowest BCUT2D eigenvalue weighted by Gasteiger charge is -1.76. The minimum atomic E-state index is 0.140. The zero-order valence-electron chi connectivity index (χ0n) is 2.49. The first-order valence-electron chi connectivity index (χ1n) is 0.901. The van der Waals surface area contributed by atoms with Gasteiger partial charge in [0.05, 0.1) is 0 Å². The van der Waals surface area contributed by atoms with Gasteiger partial charge in [0.2, 0.25) is 0 Å². The molecule has 1 atom stereocenters. The fourth-order valence-electron chi connectivity index (χ4n) is 0. The summed E-state index contributed by atoms with van der Waals surface area (Å²) in [5.41, 5.74) is 0. The van der Waals surface area contributed by atoms with E-state index < -0.39 is 0 Å². The van der Waals surface area contributed by atoms with Gasteiger partial charge in [-0.05, 0) is 8.69 Å². The highest BCUT2D eigenvalue weighted by Gasteiger charge is 1.51. The van der Waals surface area contributed by atoms with E-state index in [-0.39, 0.29) is 8.69 Å². The summed E-state index contributed by atoms with van der Waals surface area (Å²) in [6.45, 7) is 0. The lowest BCUT2D eigenvalue weighted by atomic mass is 10.8. The maximum atomic E-state index is 4.83. The van der Waals surface area contributed by atoms with Crippen LogP contribution < -0.4 is 0 Å². The Morgan fingerprint density at radius 1 is 2.00 bits per heavy atom. The van der Waals surface area contributed by atoms with E-state index in [1.807, 2.05) is 0 Å². The molecule has 0 aliphatic heterocycles. The first-order valence-corrected chi connectivity index (χ1v) is 1.89. The van der Waals surface area contributed by atoms with Gasteiger partial charge in [0, 0.05) is 7.11 Å². The SMILES string of the molecule is [B]POC. The van der Waals surface area contributed by atoms with Gasteiger partial charge in [0.15, 0.2) is 0 Å². The molecule has 0 aliphatic rings. The van der Waals surface area contributed by atoms with Gasteiger partial charge >= 0.3 is 0 Å². The Balaban J connectivity index is 1.97. The summed E-state index contributed by atoms with van der Waals surface area (Å²) in [6, 6.07) is 0. The topological polar surface area (TPSA) is 9.23 Å². The Kier molecular flexibility index (Phi) is 3.85. The highest BCUT2D eigenvalue weighted by atomic mass is 31.1. The van der Waals surface area contributed by atoms with Crippen LogP contribution in [0.1, 0.15) is 0 Å². The smallest absolute Gasteiger partial charge is 0.143 e. The molecule has 22 valence electrons. The predicted octanol–water partition coefficient (Wildman–Crippen LogP) is 0.310. The largest absolute Gasteiger partial charge is 0.377 e. The van der Waals surface area contributed by atoms with Gasteiger partial charge in [-0.25, -0.2) is 0 Å². The van der Waals surface area contributed by atoms with Crippen molar-refractivity contribution < 1.29 is 4.52 Å². The molecular weight excluding hydrogens is 69.8 g/mol. The molecule has 0 amide bonds. The van der Waals surface area contributed by atoms with Gasteiger partial charge in [-0.15, -0.1) is 0 Å². The summed E-state index contributed by atoms with van der Waals surface area (Å²) in [5.74, 6) is 0. The van der Waals surface area contributed by atoms with Crippen molar-refractivity contribution in [1.29, 1.82) is 0 Å². The van der Waals surface area contributed by atoms with E-state index in [0.29, 0.717) is 0 Å². The molecule has 0 aromatic rings. The zero-order valence-corrected chi connectivity index (χ0v) is 3.49. The van der Waals surface area contributed by atoms with Crippen molar-refractivity contribution in [1.82, 2.24) is 0 Å². The second kappa shape index (κ2) is 3.45. The van der Waals surface area contributed by atoms with Gasteiger partial charge in [-0.3, -0.25) is 0 Å². The molecule has 0 fully saturated rings. The molecule has 1 unspecified atom stereocenters. The second-order valence-corrected chi connectivity index (χ2v) is 0.966. The van der Waals surface area contributed by atoms with Crippen LogP contribution in [0.3, 0.4) is 0 Å². The Hall–Kier alpha value is 0.455. The second-order valence-electron chi connectivity index (χ2n) is 0.322. The molecule has 3 heteroatoms. The molecular formula is CH4BOP. The summed E-state index contributed by atoms with van der Waals surface area (Å²) >= 11 is 0. The van der Waals surface area contributed by atoms with Gasteiger partial charge in [-0.1, -0.05) is 0 Å². The van der Waals surface area contributed by atoms with E-state index in [1.165, 1.54) is 0 Å². The minimum absolute atomic E-state index is 0.140. The van der Waals surface area contributed by atoms with Crippen LogP contribution in [0.4, 0.5) is 0 Å². The monoisotopic (exact) mass is 74.0 g/mol. The molecule has 0 saturated heterocycles. The molecule has 0 spiro atoms. The van der Waals surface area contributed by atoms with E-state index in [4.69, 9.17) is 7.57 Å². The van der Waals surface area contributed by atoms with Crippen molar-refractivity contribution in [2.45, 2.75) is 0 Å². The lowest BCUT2D eigenvalue weighted by molar-refractivity contribution is 0.484. The maximum absolute atomic E-state index is 4.83. The van der Waals surface area contributed by atoms with Crippen LogP contribution in [0.2, 0.25) is 0 Å². The van der Waals surface area contributed by atoms with Crippen LogP contribution in [-0.2, 0) is 4.52 Å². The normalized spacial score (nSPS) is 10.2. The van der Waals surface area contributed by atoms with Gasteiger partial charge in [0.1, 0.15) is 7.57 Å². The Morgan fingerprint density at radius 2 is 2.25 bits per heavy atom. The standard InChI is InChI=1S/CH4BOP/c1-3-4-2/h4H,1H3. The average molecular weight is 73.8 g/mol. The molecule has 0 saturated carbocycles. The quantitative estimate of drug-likeness (QED) is 0.321. The molecule has 0 bridgehead atoms. The van der Waals surface area contributed by atoms with Crippen LogP contribution in [0.5, 0.6) is 0 Å². The van der Waals surface area contributed by atoms with Crippen molar-refractivity contribution in [2.24, 2.45) is 0 Å². The molecule has 0 rings (SSSR count). The van der Waals surface area contributed by atoms with Crippen molar-refractivity contribution >= 4 is 16.3 Å². The van der Waals surface area contributed by atoms with Crippen molar-refractivity contribution in [3.05, 3.63) is 0 Å². The fourth-order valence-corrected chi connectivity index (χ4v) is 0. The van der Waals surface area contributed by atoms with Gasteiger partial charge in [0.25, 0.3) is 0 Å². The molecule has 0 aliphatic carbocycles. The summed E-state index contributed by atoms with van der Waals surface area (Å²) in [6.07, 6.45) is 0.